The lowest BCUT2D eigenvalue weighted by atomic mass is 9.87. The van der Waals surface area contributed by atoms with Crippen molar-refractivity contribution in [1.82, 2.24) is 5.32 Å². The molecule has 3 heteroatoms. The Labute approximate surface area is 142 Å². The van der Waals surface area contributed by atoms with Gasteiger partial charge in [-0.1, -0.05) is 23.7 Å². The molecule has 0 bridgehead atoms. The lowest BCUT2D eigenvalue weighted by Crippen LogP contribution is -2.45. The van der Waals surface area contributed by atoms with Crippen molar-refractivity contribution < 1.29 is 0 Å². The first-order chi connectivity index (χ1) is 11.3. The van der Waals surface area contributed by atoms with Crippen LogP contribution >= 0.6 is 11.6 Å². The summed E-state index contributed by atoms with van der Waals surface area (Å²) in [6, 6.07) is 13.8. The van der Waals surface area contributed by atoms with Crippen molar-refractivity contribution in [3.63, 3.8) is 0 Å². The predicted octanol–water partition coefficient (Wildman–Crippen LogP) is 4.22. The maximum absolute atomic E-state index is 6.06. The molecule has 0 radical (unpaired) electrons. The van der Waals surface area contributed by atoms with Gasteiger partial charge in [0.1, 0.15) is 0 Å². The molecule has 2 atom stereocenters. The van der Waals surface area contributed by atoms with E-state index in [0.717, 1.165) is 18.1 Å². The van der Waals surface area contributed by atoms with Gasteiger partial charge in [0.05, 0.1) is 0 Å². The van der Waals surface area contributed by atoms with Gasteiger partial charge in [-0.15, -0.1) is 0 Å². The molecular weight excluding hydrogens is 304 g/mol. The van der Waals surface area contributed by atoms with Crippen LogP contribution < -0.4 is 10.2 Å². The summed E-state index contributed by atoms with van der Waals surface area (Å²) in [5.41, 5.74) is 7.31. The molecule has 0 aromatic heterocycles. The van der Waals surface area contributed by atoms with Gasteiger partial charge in [0.2, 0.25) is 0 Å². The lowest BCUT2D eigenvalue weighted by Gasteiger charge is -2.36. The third-order valence-corrected chi connectivity index (χ3v) is 6.03. The molecule has 0 spiro atoms. The molecule has 118 valence electrons. The summed E-state index contributed by atoms with van der Waals surface area (Å²) in [7, 11) is 0. The molecule has 0 saturated carbocycles. The molecule has 3 heterocycles. The highest BCUT2D eigenvalue weighted by Crippen LogP contribution is 2.48. The van der Waals surface area contributed by atoms with Crippen LogP contribution in [0.2, 0.25) is 5.02 Å². The third-order valence-electron chi connectivity index (χ3n) is 5.77. The maximum Gasteiger partial charge on any atom is 0.0438 e. The fraction of sp³-hybridized carbons (Fsp3) is 0.400. The van der Waals surface area contributed by atoms with Crippen LogP contribution in [0.1, 0.15) is 29.9 Å². The summed E-state index contributed by atoms with van der Waals surface area (Å²) in [6.45, 7) is 3.52. The monoisotopic (exact) mass is 324 g/mol. The largest absolute Gasteiger partial charge is 0.367 e. The fourth-order valence-corrected chi connectivity index (χ4v) is 4.90. The van der Waals surface area contributed by atoms with Crippen LogP contribution in [0.4, 0.5) is 5.69 Å². The van der Waals surface area contributed by atoms with Crippen molar-refractivity contribution in [2.24, 2.45) is 0 Å². The van der Waals surface area contributed by atoms with E-state index in [2.05, 4.69) is 34.5 Å². The van der Waals surface area contributed by atoms with Gasteiger partial charge < -0.3 is 10.2 Å². The molecule has 0 aliphatic carbocycles. The number of piperidine rings is 1. The van der Waals surface area contributed by atoms with E-state index >= 15 is 0 Å². The van der Waals surface area contributed by atoms with Crippen LogP contribution in [-0.4, -0.2) is 25.7 Å². The van der Waals surface area contributed by atoms with Gasteiger partial charge in [-0.2, -0.15) is 0 Å². The van der Waals surface area contributed by atoms with Crippen LogP contribution in [0.3, 0.4) is 0 Å². The third kappa shape index (κ3) is 2.12. The van der Waals surface area contributed by atoms with Gasteiger partial charge in [-0.3, -0.25) is 0 Å². The second kappa shape index (κ2) is 5.25. The highest BCUT2D eigenvalue weighted by atomic mass is 35.5. The molecule has 2 nitrogen and oxygen atoms in total. The van der Waals surface area contributed by atoms with Crippen molar-refractivity contribution in [3.05, 3.63) is 52.5 Å². The Balaban J connectivity index is 1.66. The highest BCUT2D eigenvalue weighted by molar-refractivity contribution is 6.30. The highest BCUT2D eigenvalue weighted by Gasteiger charge is 2.42. The maximum atomic E-state index is 6.06. The van der Waals surface area contributed by atoms with Crippen molar-refractivity contribution in [3.8, 4) is 11.1 Å². The van der Waals surface area contributed by atoms with E-state index in [4.69, 9.17) is 11.6 Å². The standard InChI is InChI=1S/C20H21ClN2/c21-16-5-3-13(4-6-16)15-10-14-2-1-9-23-19-7-8-22-12-18(19)17(11-15)20(14)23/h3-6,10-11,18-19,22H,1-2,7-9,12H2/t18-,19-/m1/s1. The van der Waals surface area contributed by atoms with Gasteiger partial charge >= 0.3 is 0 Å². The van der Waals surface area contributed by atoms with Gasteiger partial charge in [0.25, 0.3) is 0 Å². The molecule has 0 unspecified atom stereocenters. The number of nitrogens with zero attached hydrogens (tertiary/aromatic N) is 1. The summed E-state index contributed by atoms with van der Waals surface area (Å²) >= 11 is 6.06. The first-order valence-corrected chi connectivity index (χ1v) is 9.09. The van der Waals surface area contributed by atoms with Crippen molar-refractivity contribution in [2.45, 2.75) is 31.2 Å². The Morgan fingerprint density at radius 2 is 1.96 bits per heavy atom. The molecular formula is C20H21ClN2. The topological polar surface area (TPSA) is 15.3 Å². The Bertz CT molecular complexity index is 753. The molecule has 3 aliphatic heterocycles. The summed E-state index contributed by atoms with van der Waals surface area (Å²) in [5.74, 6) is 0.655. The number of aryl methyl sites for hydroxylation is 1. The number of hydrogen-bond donors (Lipinski definition) is 1. The Morgan fingerprint density at radius 1 is 1.09 bits per heavy atom. The molecule has 1 fully saturated rings. The average Bonchev–Trinajstić information content (AvgIpc) is 2.92. The number of benzene rings is 2. The Hall–Kier alpha value is -1.51. The minimum Gasteiger partial charge on any atom is -0.367 e. The normalized spacial score (nSPS) is 25.2. The second-order valence-corrected chi connectivity index (χ2v) is 7.48. The van der Waals surface area contributed by atoms with Crippen molar-refractivity contribution in [2.75, 3.05) is 24.5 Å². The fourth-order valence-electron chi connectivity index (χ4n) is 4.77. The molecule has 2 aromatic rings. The van der Waals surface area contributed by atoms with Crippen LogP contribution in [0.15, 0.2) is 36.4 Å². The van der Waals surface area contributed by atoms with E-state index in [1.54, 1.807) is 16.8 Å². The summed E-state index contributed by atoms with van der Waals surface area (Å²) < 4.78 is 0. The first kappa shape index (κ1) is 13.9. The molecule has 0 amide bonds. The zero-order chi connectivity index (χ0) is 15.4. The number of fused-ring (bicyclic) bond motifs is 3. The molecule has 3 aliphatic rings. The zero-order valence-corrected chi connectivity index (χ0v) is 13.9. The van der Waals surface area contributed by atoms with Crippen LogP contribution in [0.25, 0.3) is 11.1 Å². The number of hydrogen-bond acceptors (Lipinski definition) is 2. The van der Waals surface area contributed by atoms with Gasteiger partial charge in [0.15, 0.2) is 0 Å². The van der Waals surface area contributed by atoms with Crippen molar-refractivity contribution >= 4 is 17.3 Å². The summed E-state index contributed by atoms with van der Waals surface area (Å²) in [4.78, 5) is 2.71. The van der Waals surface area contributed by atoms with Gasteiger partial charge in [-0.05, 0) is 72.3 Å². The van der Waals surface area contributed by atoms with Gasteiger partial charge in [-0.25, -0.2) is 0 Å². The molecule has 1 saturated heterocycles. The minimum absolute atomic E-state index is 0.655. The predicted molar refractivity (Wildman–Crippen MR) is 96.6 cm³/mol. The molecule has 2 aromatic carbocycles. The SMILES string of the molecule is Clc1ccc(-c2cc3c4c(c2)[C@H]2CNCC[C@H]2N4CCC3)cc1. The molecule has 23 heavy (non-hydrogen) atoms. The Morgan fingerprint density at radius 3 is 2.83 bits per heavy atom. The Kier molecular flexibility index (Phi) is 3.17. The van der Waals surface area contributed by atoms with Crippen molar-refractivity contribution in [1.29, 1.82) is 0 Å². The number of rotatable bonds is 1. The summed E-state index contributed by atoms with van der Waals surface area (Å²) in [6.07, 6.45) is 3.77. The number of anilines is 1. The molecule has 1 N–H and O–H groups in total. The quantitative estimate of drug-likeness (QED) is 0.845. The van der Waals surface area contributed by atoms with E-state index in [1.165, 1.54) is 36.9 Å². The van der Waals surface area contributed by atoms with E-state index in [0.29, 0.717) is 12.0 Å². The van der Waals surface area contributed by atoms with Crippen LogP contribution in [0, 0.1) is 0 Å². The summed E-state index contributed by atoms with van der Waals surface area (Å²) in [5, 5.41) is 4.41. The zero-order valence-electron chi connectivity index (χ0n) is 13.2. The number of nitrogens with one attached hydrogen (secondary N) is 1. The van der Waals surface area contributed by atoms with Crippen LogP contribution in [0.5, 0.6) is 0 Å². The van der Waals surface area contributed by atoms with E-state index in [1.807, 2.05) is 12.1 Å². The van der Waals surface area contributed by atoms with Crippen LogP contribution in [-0.2, 0) is 6.42 Å². The number of halogens is 1. The minimum atomic E-state index is 0.655. The van der Waals surface area contributed by atoms with Gasteiger partial charge in [0, 0.05) is 35.8 Å². The second-order valence-electron chi connectivity index (χ2n) is 7.04. The van der Waals surface area contributed by atoms with E-state index in [9.17, 15) is 0 Å². The molecule has 5 rings (SSSR count). The smallest absolute Gasteiger partial charge is 0.0438 e. The average molecular weight is 325 g/mol. The van der Waals surface area contributed by atoms with E-state index in [-0.39, 0.29) is 0 Å². The van der Waals surface area contributed by atoms with E-state index < -0.39 is 0 Å². The first-order valence-electron chi connectivity index (χ1n) is 8.71. The lowest BCUT2D eigenvalue weighted by molar-refractivity contribution is 0.400.